The van der Waals surface area contributed by atoms with E-state index in [1.54, 1.807) is 0 Å². The fourth-order valence-electron chi connectivity index (χ4n) is 6.00. The van der Waals surface area contributed by atoms with Crippen LogP contribution in [0.25, 0.3) is 0 Å². The standard InChI is InChI=1S/C29H36N4O3/c34-27(31-25-13-5-9-20-7-1-3-11-23(20)25)17-30-29(36)22-15-16-33(18-22)19-28(35)32-26-14-6-10-21-8-2-4-12-24(21)26/h1-4,7-8,11-12,22,25-26H,5-6,9-10,13-19H2,(H,30,36)(H,31,34)(H,32,35)/t22-,25+,26+/m1/s1. The lowest BCUT2D eigenvalue weighted by atomic mass is 9.88. The summed E-state index contributed by atoms with van der Waals surface area (Å²) >= 11 is 0. The average molecular weight is 489 g/mol. The summed E-state index contributed by atoms with van der Waals surface area (Å²) in [6, 6.07) is 16.7. The number of nitrogens with zero attached hydrogens (tertiary/aromatic N) is 1. The van der Waals surface area contributed by atoms with E-state index in [9.17, 15) is 14.4 Å². The third-order valence-electron chi connectivity index (χ3n) is 7.84. The summed E-state index contributed by atoms with van der Waals surface area (Å²) < 4.78 is 0. The molecular weight excluding hydrogens is 452 g/mol. The summed E-state index contributed by atoms with van der Waals surface area (Å²) in [6.45, 7) is 1.52. The Morgan fingerprint density at radius 2 is 1.36 bits per heavy atom. The molecule has 0 radical (unpaired) electrons. The summed E-state index contributed by atoms with van der Waals surface area (Å²) in [5.41, 5.74) is 5.03. The largest absolute Gasteiger partial charge is 0.348 e. The Balaban J connectivity index is 1.05. The molecule has 7 heteroatoms. The number of amides is 3. The Morgan fingerprint density at radius 3 is 2.00 bits per heavy atom. The molecule has 0 saturated carbocycles. The molecule has 0 bridgehead atoms. The maximum Gasteiger partial charge on any atom is 0.239 e. The zero-order valence-electron chi connectivity index (χ0n) is 20.8. The number of hydrogen-bond donors (Lipinski definition) is 3. The van der Waals surface area contributed by atoms with Crippen LogP contribution in [0.1, 0.15) is 66.4 Å². The van der Waals surface area contributed by atoms with Crippen LogP contribution in [0, 0.1) is 5.92 Å². The molecule has 0 aromatic heterocycles. The molecule has 36 heavy (non-hydrogen) atoms. The number of aryl methyl sites for hydroxylation is 2. The quantitative estimate of drug-likeness (QED) is 0.559. The normalized spacial score (nSPS) is 23.3. The van der Waals surface area contributed by atoms with E-state index in [0.29, 0.717) is 26.1 Å². The fraction of sp³-hybridized carbons (Fsp3) is 0.483. The number of benzene rings is 2. The topological polar surface area (TPSA) is 90.5 Å². The van der Waals surface area contributed by atoms with Crippen LogP contribution in [-0.4, -0.2) is 48.8 Å². The minimum Gasteiger partial charge on any atom is -0.348 e. The number of carbonyl (C=O) groups excluding carboxylic acids is 3. The van der Waals surface area contributed by atoms with Crippen molar-refractivity contribution in [3.8, 4) is 0 Å². The third kappa shape index (κ3) is 5.78. The van der Waals surface area contributed by atoms with E-state index >= 15 is 0 Å². The van der Waals surface area contributed by atoms with Crippen LogP contribution in [0.15, 0.2) is 48.5 Å². The molecule has 3 N–H and O–H groups in total. The number of rotatable bonds is 7. The lowest BCUT2D eigenvalue weighted by Crippen LogP contribution is -2.42. The first-order chi connectivity index (χ1) is 17.6. The van der Waals surface area contributed by atoms with Crippen molar-refractivity contribution in [2.75, 3.05) is 26.2 Å². The van der Waals surface area contributed by atoms with Crippen molar-refractivity contribution in [3.05, 3.63) is 70.8 Å². The van der Waals surface area contributed by atoms with Gasteiger partial charge in [-0.3, -0.25) is 19.3 Å². The Morgan fingerprint density at radius 1 is 0.778 bits per heavy atom. The van der Waals surface area contributed by atoms with Crippen molar-refractivity contribution >= 4 is 17.7 Å². The van der Waals surface area contributed by atoms with Gasteiger partial charge in [0.2, 0.25) is 17.7 Å². The summed E-state index contributed by atoms with van der Waals surface area (Å²) in [7, 11) is 0. The summed E-state index contributed by atoms with van der Waals surface area (Å²) in [5.74, 6) is -0.466. The Hall–Kier alpha value is -3.19. The van der Waals surface area contributed by atoms with Crippen LogP contribution in [0.4, 0.5) is 0 Å². The van der Waals surface area contributed by atoms with Crippen LogP contribution < -0.4 is 16.0 Å². The van der Waals surface area contributed by atoms with Gasteiger partial charge >= 0.3 is 0 Å². The summed E-state index contributed by atoms with van der Waals surface area (Å²) in [6.07, 6.45) is 6.82. The molecule has 3 amide bonds. The van der Waals surface area contributed by atoms with E-state index in [4.69, 9.17) is 0 Å². The van der Waals surface area contributed by atoms with Crippen LogP contribution in [-0.2, 0) is 27.2 Å². The second kappa shape index (κ2) is 11.2. The first kappa shape index (κ1) is 24.5. The van der Waals surface area contributed by atoms with Gasteiger partial charge in [0.15, 0.2) is 0 Å². The lowest BCUT2D eigenvalue weighted by Gasteiger charge is -2.27. The molecule has 1 fully saturated rings. The number of nitrogens with one attached hydrogen (secondary N) is 3. The Labute approximate surface area is 213 Å². The molecule has 190 valence electrons. The molecule has 2 aromatic carbocycles. The van der Waals surface area contributed by atoms with Gasteiger partial charge in [-0.1, -0.05) is 48.5 Å². The van der Waals surface area contributed by atoms with Gasteiger partial charge in [0.05, 0.1) is 31.1 Å². The predicted octanol–water partition coefficient (Wildman–Crippen LogP) is 2.81. The highest BCUT2D eigenvalue weighted by atomic mass is 16.2. The number of hydrogen-bond acceptors (Lipinski definition) is 4. The Kier molecular flexibility index (Phi) is 7.66. The molecule has 3 aliphatic rings. The molecule has 1 aliphatic heterocycles. The minimum absolute atomic E-state index is 0.00454. The van der Waals surface area contributed by atoms with Crippen LogP contribution >= 0.6 is 0 Å². The van der Waals surface area contributed by atoms with E-state index in [-0.39, 0.29) is 42.3 Å². The maximum absolute atomic E-state index is 12.7. The van der Waals surface area contributed by atoms with Crippen LogP contribution in [0.2, 0.25) is 0 Å². The highest BCUT2D eigenvalue weighted by Crippen LogP contribution is 2.30. The lowest BCUT2D eigenvalue weighted by molar-refractivity contribution is -0.128. The van der Waals surface area contributed by atoms with Crippen molar-refractivity contribution in [1.29, 1.82) is 0 Å². The fourth-order valence-corrected chi connectivity index (χ4v) is 6.00. The number of fused-ring (bicyclic) bond motifs is 2. The van der Waals surface area contributed by atoms with Crippen LogP contribution in [0.3, 0.4) is 0 Å². The van der Waals surface area contributed by atoms with Gasteiger partial charge in [-0.2, -0.15) is 0 Å². The van der Waals surface area contributed by atoms with Crippen LogP contribution in [0.5, 0.6) is 0 Å². The minimum atomic E-state index is -0.198. The number of likely N-dealkylation sites (tertiary alicyclic amines) is 1. The molecule has 0 unspecified atom stereocenters. The van der Waals surface area contributed by atoms with Gasteiger partial charge in [0.25, 0.3) is 0 Å². The molecule has 2 aliphatic carbocycles. The van der Waals surface area contributed by atoms with Crippen molar-refractivity contribution in [2.45, 2.75) is 57.0 Å². The van der Waals surface area contributed by atoms with Crippen molar-refractivity contribution in [1.82, 2.24) is 20.9 Å². The van der Waals surface area contributed by atoms with Crippen molar-refractivity contribution in [3.63, 3.8) is 0 Å². The zero-order chi connectivity index (χ0) is 24.9. The van der Waals surface area contributed by atoms with Gasteiger partial charge in [-0.25, -0.2) is 0 Å². The second-order valence-electron chi connectivity index (χ2n) is 10.4. The van der Waals surface area contributed by atoms with Crippen molar-refractivity contribution in [2.24, 2.45) is 5.92 Å². The number of carbonyl (C=O) groups is 3. The molecule has 0 spiro atoms. The molecular formula is C29H36N4O3. The van der Waals surface area contributed by atoms with Gasteiger partial charge in [0.1, 0.15) is 0 Å². The summed E-state index contributed by atoms with van der Waals surface area (Å²) in [5, 5.41) is 9.09. The third-order valence-corrected chi connectivity index (χ3v) is 7.84. The van der Waals surface area contributed by atoms with E-state index in [1.807, 2.05) is 23.1 Å². The molecule has 7 nitrogen and oxygen atoms in total. The Bertz CT molecular complexity index is 1120. The highest BCUT2D eigenvalue weighted by Gasteiger charge is 2.30. The van der Waals surface area contributed by atoms with Gasteiger partial charge in [-0.05, 0) is 73.7 Å². The van der Waals surface area contributed by atoms with Gasteiger partial charge in [0, 0.05) is 6.54 Å². The monoisotopic (exact) mass is 488 g/mol. The molecule has 3 atom stereocenters. The van der Waals surface area contributed by atoms with Gasteiger partial charge < -0.3 is 16.0 Å². The predicted molar refractivity (Wildman–Crippen MR) is 138 cm³/mol. The summed E-state index contributed by atoms with van der Waals surface area (Å²) in [4.78, 5) is 40.0. The highest BCUT2D eigenvalue weighted by molar-refractivity contribution is 5.86. The maximum atomic E-state index is 12.7. The average Bonchev–Trinajstić information content (AvgIpc) is 3.36. The van der Waals surface area contributed by atoms with E-state index in [1.165, 1.54) is 22.3 Å². The smallest absolute Gasteiger partial charge is 0.239 e. The molecule has 2 aromatic rings. The van der Waals surface area contributed by atoms with E-state index in [2.05, 4.69) is 46.3 Å². The molecule has 1 heterocycles. The van der Waals surface area contributed by atoms with Gasteiger partial charge in [-0.15, -0.1) is 0 Å². The first-order valence-electron chi connectivity index (χ1n) is 13.3. The SMILES string of the molecule is O=C(CNC(=O)[C@@H]1CCN(CC(=O)N[C@H]2CCCc3ccccc32)C1)N[C@H]1CCCc2ccccc21. The molecule has 1 saturated heterocycles. The van der Waals surface area contributed by atoms with Crippen molar-refractivity contribution < 1.29 is 14.4 Å². The molecule has 5 rings (SSSR count). The second-order valence-corrected chi connectivity index (χ2v) is 10.4. The van der Waals surface area contributed by atoms with E-state index < -0.39 is 0 Å². The zero-order valence-corrected chi connectivity index (χ0v) is 20.8. The van der Waals surface area contributed by atoms with E-state index in [0.717, 1.165) is 38.5 Å². The first-order valence-corrected chi connectivity index (χ1v) is 13.3.